The molecule has 0 bridgehead atoms. The number of rotatable bonds is 2. The zero-order valence-corrected chi connectivity index (χ0v) is 10.5. The predicted octanol–water partition coefficient (Wildman–Crippen LogP) is 3.63. The first-order chi connectivity index (χ1) is 8.09. The average Bonchev–Trinajstić information content (AvgIpc) is 2.30. The van der Waals surface area contributed by atoms with Gasteiger partial charge in [-0.2, -0.15) is 0 Å². The standard InChI is InChI=1S/C12H15ClN2O2/c1-9-4-2-3-7-14(9)12-6-5-10(15(16)17)8-11(12)13/h5-6,8-9H,2-4,7H2,1H3/t9-/m1/s1. The lowest BCUT2D eigenvalue weighted by atomic mass is 10.0. The smallest absolute Gasteiger partial charge is 0.271 e. The third-order valence-corrected chi connectivity index (χ3v) is 3.56. The fourth-order valence-corrected chi connectivity index (χ4v) is 2.58. The molecule has 0 N–H and O–H groups in total. The van der Waals surface area contributed by atoms with Crippen LogP contribution in [0.2, 0.25) is 5.02 Å². The van der Waals surface area contributed by atoms with Crippen molar-refractivity contribution in [3.05, 3.63) is 33.3 Å². The molecule has 1 fully saturated rings. The molecule has 1 atom stereocenters. The fourth-order valence-electron chi connectivity index (χ4n) is 2.30. The molecule has 0 radical (unpaired) electrons. The molecule has 4 nitrogen and oxygen atoms in total. The Morgan fingerprint density at radius 2 is 2.24 bits per heavy atom. The van der Waals surface area contributed by atoms with E-state index in [1.165, 1.54) is 18.6 Å². The number of nitro groups is 1. The lowest BCUT2D eigenvalue weighted by Crippen LogP contribution is -2.37. The predicted molar refractivity (Wildman–Crippen MR) is 68.8 cm³/mol. The lowest BCUT2D eigenvalue weighted by Gasteiger charge is -2.35. The molecule has 0 aliphatic carbocycles. The van der Waals surface area contributed by atoms with Crippen LogP contribution in [0, 0.1) is 10.1 Å². The van der Waals surface area contributed by atoms with Crippen molar-refractivity contribution in [3.8, 4) is 0 Å². The topological polar surface area (TPSA) is 46.4 Å². The Kier molecular flexibility index (Phi) is 3.52. The average molecular weight is 255 g/mol. The second-order valence-electron chi connectivity index (χ2n) is 4.43. The minimum atomic E-state index is -0.421. The molecule has 1 saturated heterocycles. The number of non-ortho nitro benzene ring substituents is 1. The monoisotopic (exact) mass is 254 g/mol. The molecule has 0 aromatic heterocycles. The van der Waals surface area contributed by atoms with Crippen LogP contribution >= 0.6 is 11.6 Å². The molecular formula is C12H15ClN2O2. The molecule has 2 rings (SSSR count). The van der Waals surface area contributed by atoms with Crippen molar-refractivity contribution in [2.45, 2.75) is 32.2 Å². The fraction of sp³-hybridized carbons (Fsp3) is 0.500. The Morgan fingerprint density at radius 3 is 2.82 bits per heavy atom. The third-order valence-electron chi connectivity index (χ3n) is 3.25. The molecule has 1 aromatic rings. The van der Waals surface area contributed by atoms with Crippen LogP contribution in [0.3, 0.4) is 0 Å². The molecule has 92 valence electrons. The van der Waals surface area contributed by atoms with Crippen molar-refractivity contribution >= 4 is 23.0 Å². The molecule has 0 saturated carbocycles. The maximum absolute atomic E-state index is 10.6. The van der Waals surface area contributed by atoms with Crippen LogP contribution in [0.1, 0.15) is 26.2 Å². The van der Waals surface area contributed by atoms with Crippen LogP contribution in [0.5, 0.6) is 0 Å². The largest absolute Gasteiger partial charge is 0.368 e. The Hall–Kier alpha value is -1.29. The molecule has 1 aliphatic heterocycles. The molecular weight excluding hydrogens is 240 g/mol. The second kappa shape index (κ2) is 4.92. The quantitative estimate of drug-likeness (QED) is 0.598. The van der Waals surface area contributed by atoms with Crippen LogP contribution in [-0.4, -0.2) is 17.5 Å². The van der Waals surface area contributed by atoms with Gasteiger partial charge >= 0.3 is 0 Å². The summed E-state index contributed by atoms with van der Waals surface area (Å²) in [5, 5.41) is 11.1. The summed E-state index contributed by atoms with van der Waals surface area (Å²) in [7, 11) is 0. The van der Waals surface area contributed by atoms with Crippen molar-refractivity contribution in [1.82, 2.24) is 0 Å². The Labute approximate surface area is 105 Å². The zero-order valence-electron chi connectivity index (χ0n) is 9.73. The number of piperidine rings is 1. The zero-order chi connectivity index (χ0) is 12.4. The highest BCUT2D eigenvalue weighted by Gasteiger charge is 2.21. The van der Waals surface area contributed by atoms with Crippen molar-refractivity contribution in [1.29, 1.82) is 0 Å². The van der Waals surface area contributed by atoms with E-state index in [1.807, 2.05) is 0 Å². The van der Waals surface area contributed by atoms with Gasteiger partial charge in [0.2, 0.25) is 0 Å². The molecule has 1 aromatic carbocycles. The lowest BCUT2D eigenvalue weighted by molar-refractivity contribution is -0.384. The summed E-state index contributed by atoms with van der Waals surface area (Å²) in [4.78, 5) is 12.4. The van der Waals surface area contributed by atoms with E-state index >= 15 is 0 Å². The van der Waals surface area contributed by atoms with Gasteiger partial charge in [0.1, 0.15) is 0 Å². The molecule has 5 heteroatoms. The van der Waals surface area contributed by atoms with E-state index in [9.17, 15) is 10.1 Å². The Morgan fingerprint density at radius 1 is 1.47 bits per heavy atom. The van der Waals surface area contributed by atoms with Gasteiger partial charge < -0.3 is 4.90 Å². The van der Waals surface area contributed by atoms with Gasteiger partial charge in [-0.3, -0.25) is 10.1 Å². The first-order valence-corrected chi connectivity index (χ1v) is 6.18. The molecule has 0 spiro atoms. The van der Waals surface area contributed by atoms with Crippen LogP contribution < -0.4 is 4.90 Å². The maximum atomic E-state index is 10.6. The highest BCUT2D eigenvalue weighted by molar-refractivity contribution is 6.33. The van der Waals surface area contributed by atoms with Gasteiger partial charge in [0.15, 0.2) is 0 Å². The van der Waals surface area contributed by atoms with Crippen LogP contribution in [0.15, 0.2) is 18.2 Å². The summed E-state index contributed by atoms with van der Waals surface area (Å²) in [5.74, 6) is 0. The first-order valence-electron chi connectivity index (χ1n) is 5.80. The molecule has 17 heavy (non-hydrogen) atoms. The highest BCUT2D eigenvalue weighted by atomic mass is 35.5. The minimum absolute atomic E-state index is 0.0448. The van der Waals surface area contributed by atoms with Gasteiger partial charge in [-0.15, -0.1) is 0 Å². The van der Waals surface area contributed by atoms with E-state index in [0.717, 1.165) is 25.1 Å². The van der Waals surface area contributed by atoms with Gasteiger partial charge in [-0.05, 0) is 32.3 Å². The molecule has 1 heterocycles. The van der Waals surface area contributed by atoms with E-state index < -0.39 is 4.92 Å². The molecule has 0 amide bonds. The number of hydrogen-bond acceptors (Lipinski definition) is 3. The van der Waals surface area contributed by atoms with Crippen molar-refractivity contribution in [2.24, 2.45) is 0 Å². The van der Waals surface area contributed by atoms with E-state index in [0.29, 0.717) is 11.1 Å². The van der Waals surface area contributed by atoms with E-state index in [2.05, 4.69) is 11.8 Å². The highest BCUT2D eigenvalue weighted by Crippen LogP contribution is 2.33. The Balaban J connectivity index is 2.29. The van der Waals surface area contributed by atoms with Crippen LogP contribution in [0.25, 0.3) is 0 Å². The van der Waals surface area contributed by atoms with Crippen molar-refractivity contribution < 1.29 is 4.92 Å². The molecule has 0 unspecified atom stereocenters. The van der Waals surface area contributed by atoms with Gasteiger partial charge in [0.05, 0.1) is 15.6 Å². The van der Waals surface area contributed by atoms with Crippen molar-refractivity contribution in [2.75, 3.05) is 11.4 Å². The summed E-state index contributed by atoms with van der Waals surface area (Å²) >= 11 is 6.13. The number of nitro benzene ring substituents is 1. The number of anilines is 1. The summed E-state index contributed by atoms with van der Waals surface area (Å²) in [6.07, 6.45) is 3.53. The Bertz CT molecular complexity index is 437. The number of halogens is 1. The molecule has 1 aliphatic rings. The van der Waals surface area contributed by atoms with Crippen molar-refractivity contribution in [3.63, 3.8) is 0 Å². The van der Waals surface area contributed by atoms with E-state index in [-0.39, 0.29) is 5.69 Å². The third kappa shape index (κ3) is 2.52. The summed E-state index contributed by atoms with van der Waals surface area (Å²) in [6, 6.07) is 5.14. The van der Waals surface area contributed by atoms with Crippen LogP contribution in [0.4, 0.5) is 11.4 Å². The maximum Gasteiger partial charge on any atom is 0.271 e. The number of benzene rings is 1. The second-order valence-corrected chi connectivity index (χ2v) is 4.84. The van der Waals surface area contributed by atoms with Gasteiger partial charge in [0.25, 0.3) is 5.69 Å². The summed E-state index contributed by atoms with van der Waals surface area (Å²) in [6.45, 7) is 3.13. The van der Waals surface area contributed by atoms with Crippen LogP contribution in [-0.2, 0) is 0 Å². The summed E-state index contributed by atoms with van der Waals surface area (Å²) in [5.41, 5.74) is 0.952. The van der Waals surface area contributed by atoms with E-state index in [1.54, 1.807) is 6.07 Å². The first kappa shape index (κ1) is 12.2. The minimum Gasteiger partial charge on any atom is -0.368 e. The SMILES string of the molecule is C[C@@H]1CCCCN1c1ccc([N+](=O)[O-])cc1Cl. The van der Waals surface area contributed by atoms with Gasteiger partial charge in [0, 0.05) is 24.7 Å². The normalized spacial score (nSPS) is 20.4. The number of nitrogens with zero attached hydrogens (tertiary/aromatic N) is 2. The van der Waals surface area contributed by atoms with E-state index in [4.69, 9.17) is 11.6 Å². The summed E-state index contributed by atoms with van der Waals surface area (Å²) < 4.78 is 0. The number of hydrogen-bond donors (Lipinski definition) is 0. The van der Waals surface area contributed by atoms with Gasteiger partial charge in [-0.25, -0.2) is 0 Å². The van der Waals surface area contributed by atoms with Gasteiger partial charge in [-0.1, -0.05) is 11.6 Å².